The second-order valence-corrected chi connectivity index (χ2v) is 4.50. The van der Waals surface area contributed by atoms with E-state index in [1.807, 2.05) is 19.1 Å². The van der Waals surface area contributed by atoms with E-state index < -0.39 is 10.9 Å². The number of nitro groups is 1. The minimum absolute atomic E-state index is 0.0104. The highest BCUT2D eigenvalue weighted by molar-refractivity contribution is 5.87. The van der Waals surface area contributed by atoms with Crippen LogP contribution in [0.15, 0.2) is 36.4 Å². The fourth-order valence-electron chi connectivity index (χ4n) is 1.84. The molecule has 2 aromatic rings. The Morgan fingerprint density at radius 2 is 1.86 bits per heavy atom. The highest BCUT2D eigenvalue weighted by Gasteiger charge is 2.22. The van der Waals surface area contributed by atoms with E-state index in [1.165, 1.54) is 4.90 Å². The summed E-state index contributed by atoms with van der Waals surface area (Å²) in [5, 5.41) is 20.1. The van der Waals surface area contributed by atoms with Crippen molar-refractivity contribution in [3.05, 3.63) is 57.8 Å². The lowest BCUT2D eigenvalue weighted by Crippen LogP contribution is -2.15. The Bertz CT molecular complexity index is 698. The van der Waals surface area contributed by atoms with E-state index in [0.717, 1.165) is 17.7 Å². The predicted molar refractivity (Wildman–Crippen MR) is 77.1 cm³/mol. The van der Waals surface area contributed by atoms with Gasteiger partial charge in [-0.25, -0.2) is 9.78 Å². The number of hydrogen-bond donors (Lipinski definition) is 1. The topological polar surface area (TPSA) is 96.6 Å². The van der Waals surface area contributed by atoms with E-state index in [0.29, 0.717) is 5.69 Å². The third kappa shape index (κ3) is 2.97. The molecule has 1 N–H and O–H groups in total. The first-order valence-corrected chi connectivity index (χ1v) is 6.09. The molecule has 0 amide bonds. The number of aryl methyl sites for hydroxylation is 1. The molecule has 0 bridgehead atoms. The molecule has 21 heavy (non-hydrogen) atoms. The van der Waals surface area contributed by atoms with Crippen molar-refractivity contribution in [3.8, 4) is 0 Å². The third-order valence-corrected chi connectivity index (χ3v) is 3.01. The molecule has 0 saturated carbocycles. The lowest BCUT2D eigenvalue weighted by molar-refractivity contribution is -0.384. The fourth-order valence-corrected chi connectivity index (χ4v) is 1.84. The average molecular weight is 287 g/mol. The van der Waals surface area contributed by atoms with Crippen LogP contribution in [0.3, 0.4) is 0 Å². The molecule has 0 atom stereocenters. The number of anilines is 2. The minimum Gasteiger partial charge on any atom is -0.477 e. The first kappa shape index (κ1) is 14.4. The van der Waals surface area contributed by atoms with E-state index in [-0.39, 0.29) is 17.2 Å². The summed E-state index contributed by atoms with van der Waals surface area (Å²) in [6, 6.07) is 9.56. The molecule has 0 aliphatic heterocycles. The van der Waals surface area contributed by atoms with Crippen molar-refractivity contribution in [2.75, 3.05) is 11.9 Å². The van der Waals surface area contributed by atoms with Gasteiger partial charge in [0, 0.05) is 18.8 Å². The van der Waals surface area contributed by atoms with Gasteiger partial charge in [-0.15, -0.1) is 0 Å². The second kappa shape index (κ2) is 5.58. The van der Waals surface area contributed by atoms with Crippen LogP contribution in [0, 0.1) is 17.0 Å². The van der Waals surface area contributed by atoms with Gasteiger partial charge >= 0.3 is 11.7 Å². The maximum atomic E-state index is 11.1. The van der Waals surface area contributed by atoms with Crippen LogP contribution in [-0.4, -0.2) is 28.0 Å². The van der Waals surface area contributed by atoms with E-state index in [9.17, 15) is 14.9 Å². The average Bonchev–Trinajstić information content (AvgIpc) is 2.46. The number of aromatic carboxylic acids is 1. The molecule has 0 spiro atoms. The summed E-state index contributed by atoms with van der Waals surface area (Å²) in [7, 11) is 1.60. The highest BCUT2D eigenvalue weighted by Crippen LogP contribution is 2.30. The molecule has 0 unspecified atom stereocenters. The Kier molecular flexibility index (Phi) is 3.84. The molecule has 0 aliphatic rings. The van der Waals surface area contributed by atoms with Gasteiger partial charge in [0.15, 0.2) is 5.69 Å². The maximum Gasteiger partial charge on any atom is 0.354 e. The van der Waals surface area contributed by atoms with Gasteiger partial charge in [0.05, 0.1) is 4.92 Å². The summed E-state index contributed by atoms with van der Waals surface area (Å²) in [5.41, 5.74) is 1.24. The van der Waals surface area contributed by atoms with E-state index in [1.54, 1.807) is 19.2 Å². The lowest BCUT2D eigenvalue weighted by atomic mass is 10.2. The highest BCUT2D eigenvalue weighted by atomic mass is 16.6. The molecule has 0 radical (unpaired) electrons. The zero-order valence-corrected chi connectivity index (χ0v) is 11.5. The van der Waals surface area contributed by atoms with Gasteiger partial charge in [-0.1, -0.05) is 17.7 Å². The molecule has 0 fully saturated rings. The number of carbonyl (C=O) groups is 1. The first-order chi connectivity index (χ1) is 9.90. The van der Waals surface area contributed by atoms with Gasteiger partial charge < -0.3 is 10.0 Å². The zero-order valence-electron chi connectivity index (χ0n) is 11.5. The van der Waals surface area contributed by atoms with Gasteiger partial charge in [0.1, 0.15) is 0 Å². The van der Waals surface area contributed by atoms with Gasteiger partial charge in [0.25, 0.3) is 0 Å². The van der Waals surface area contributed by atoms with Crippen LogP contribution in [0.2, 0.25) is 0 Å². The number of pyridine rings is 1. The van der Waals surface area contributed by atoms with Crippen LogP contribution in [-0.2, 0) is 0 Å². The summed E-state index contributed by atoms with van der Waals surface area (Å²) >= 11 is 0. The normalized spacial score (nSPS) is 10.2. The lowest BCUT2D eigenvalue weighted by Gasteiger charge is -2.18. The standard InChI is InChI=1S/C14H13N3O4/c1-9-3-5-10(6-4-9)16(2)13-12(17(20)21)8-7-11(15-13)14(18)19/h3-8H,1-2H3,(H,18,19). The molecule has 7 nitrogen and oxygen atoms in total. The summed E-state index contributed by atoms with van der Waals surface area (Å²) in [4.78, 5) is 26.9. The van der Waals surface area contributed by atoms with Crippen molar-refractivity contribution in [1.29, 1.82) is 0 Å². The largest absolute Gasteiger partial charge is 0.477 e. The van der Waals surface area contributed by atoms with Gasteiger partial charge in [-0.05, 0) is 25.1 Å². The quantitative estimate of drug-likeness (QED) is 0.686. The maximum absolute atomic E-state index is 11.1. The third-order valence-electron chi connectivity index (χ3n) is 3.01. The predicted octanol–water partition coefficient (Wildman–Crippen LogP) is 2.76. The van der Waals surface area contributed by atoms with E-state index >= 15 is 0 Å². The zero-order chi connectivity index (χ0) is 15.6. The van der Waals surface area contributed by atoms with Crippen LogP contribution < -0.4 is 4.90 Å². The number of carboxylic acid groups (broad SMARTS) is 1. The Labute approximate surface area is 120 Å². The fraction of sp³-hybridized carbons (Fsp3) is 0.143. The van der Waals surface area contributed by atoms with Crippen molar-refractivity contribution in [3.63, 3.8) is 0 Å². The van der Waals surface area contributed by atoms with Crippen LogP contribution in [0.4, 0.5) is 17.2 Å². The molecule has 7 heteroatoms. The SMILES string of the molecule is Cc1ccc(N(C)c2nc(C(=O)O)ccc2[N+](=O)[O-])cc1. The minimum atomic E-state index is -1.23. The van der Waals surface area contributed by atoms with Crippen molar-refractivity contribution >= 4 is 23.2 Å². The van der Waals surface area contributed by atoms with Crippen molar-refractivity contribution < 1.29 is 14.8 Å². The Morgan fingerprint density at radius 1 is 1.24 bits per heavy atom. The van der Waals surface area contributed by atoms with Gasteiger partial charge in [0.2, 0.25) is 5.82 Å². The Morgan fingerprint density at radius 3 is 2.38 bits per heavy atom. The van der Waals surface area contributed by atoms with Crippen molar-refractivity contribution in [1.82, 2.24) is 4.98 Å². The number of rotatable bonds is 4. The monoisotopic (exact) mass is 287 g/mol. The molecule has 1 aromatic heterocycles. The molecule has 0 saturated heterocycles. The smallest absolute Gasteiger partial charge is 0.354 e. The number of hydrogen-bond acceptors (Lipinski definition) is 5. The molecule has 2 rings (SSSR count). The number of nitrogens with zero attached hydrogens (tertiary/aromatic N) is 3. The summed E-state index contributed by atoms with van der Waals surface area (Å²) < 4.78 is 0. The second-order valence-electron chi connectivity index (χ2n) is 4.50. The molecular weight excluding hydrogens is 274 g/mol. The Hall–Kier alpha value is -2.96. The molecule has 108 valence electrons. The molecule has 0 aliphatic carbocycles. The number of aromatic nitrogens is 1. The van der Waals surface area contributed by atoms with Crippen LogP contribution in [0.5, 0.6) is 0 Å². The summed E-state index contributed by atoms with van der Waals surface area (Å²) in [6.45, 7) is 1.93. The van der Waals surface area contributed by atoms with E-state index in [4.69, 9.17) is 5.11 Å². The molecule has 1 aromatic carbocycles. The first-order valence-electron chi connectivity index (χ1n) is 6.09. The van der Waals surface area contributed by atoms with Gasteiger partial charge in [-0.2, -0.15) is 0 Å². The van der Waals surface area contributed by atoms with Crippen LogP contribution in [0.1, 0.15) is 16.1 Å². The summed E-state index contributed by atoms with van der Waals surface area (Å²) in [5.74, 6) is -1.24. The van der Waals surface area contributed by atoms with Crippen molar-refractivity contribution in [2.24, 2.45) is 0 Å². The number of benzene rings is 1. The van der Waals surface area contributed by atoms with Crippen LogP contribution >= 0.6 is 0 Å². The molecular formula is C14H13N3O4. The molecule has 1 heterocycles. The van der Waals surface area contributed by atoms with E-state index in [2.05, 4.69) is 4.98 Å². The van der Waals surface area contributed by atoms with Crippen molar-refractivity contribution in [2.45, 2.75) is 6.92 Å². The van der Waals surface area contributed by atoms with Gasteiger partial charge in [-0.3, -0.25) is 10.1 Å². The Balaban J connectivity index is 2.53. The number of carboxylic acids is 1. The summed E-state index contributed by atoms with van der Waals surface area (Å²) in [6.07, 6.45) is 0. The van der Waals surface area contributed by atoms with Crippen LogP contribution in [0.25, 0.3) is 0 Å².